The van der Waals surface area contributed by atoms with Crippen molar-refractivity contribution in [1.29, 1.82) is 0 Å². The fraction of sp³-hybridized carbons (Fsp3) is 0.500. The standard InChI is InChI=1S/C12H18BrNO3/c1-7(2)17-12-5-9(13)8(10(14)6-15)4-11(12)16-3/h4-5,7,10,15H,6,14H2,1-3H3. The summed E-state index contributed by atoms with van der Waals surface area (Å²) in [5.74, 6) is 1.27. The molecule has 0 aliphatic rings. The molecule has 0 spiro atoms. The Balaban J connectivity index is 3.14. The number of ether oxygens (including phenoxy) is 2. The van der Waals surface area contributed by atoms with Crippen LogP contribution in [0.15, 0.2) is 16.6 Å². The second-order valence-corrected chi connectivity index (χ2v) is 4.83. The van der Waals surface area contributed by atoms with E-state index in [-0.39, 0.29) is 12.7 Å². The number of nitrogens with two attached hydrogens (primary N) is 1. The number of benzene rings is 1. The average Bonchev–Trinajstić information content (AvgIpc) is 2.27. The molecule has 5 heteroatoms. The van der Waals surface area contributed by atoms with Gasteiger partial charge in [-0.15, -0.1) is 0 Å². The second kappa shape index (κ2) is 6.23. The summed E-state index contributed by atoms with van der Waals surface area (Å²) in [6.45, 7) is 3.77. The van der Waals surface area contributed by atoms with Crippen LogP contribution in [0.4, 0.5) is 0 Å². The average molecular weight is 304 g/mol. The van der Waals surface area contributed by atoms with Gasteiger partial charge in [0.1, 0.15) is 0 Å². The van der Waals surface area contributed by atoms with Crippen molar-refractivity contribution in [3.05, 3.63) is 22.2 Å². The molecule has 1 aromatic carbocycles. The molecule has 0 bridgehead atoms. The Morgan fingerprint density at radius 2 is 2.00 bits per heavy atom. The third kappa shape index (κ3) is 3.59. The van der Waals surface area contributed by atoms with Gasteiger partial charge in [0.25, 0.3) is 0 Å². The summed E-state index contributed by atoms with van der Waals surface area (Å²) >= 11 is 3.42. The first-order valence-electron chi connectivity index (χ1n) is 5.40. The van der Waals surface area contributed by atoms with Crippen molar-refractivity contribution in [2.75, 3.05) is 13.7 Å². The minimum atomic E-state index is -0.439. The highest BCUT2D eigenvalue weighted by Gasteiger charge is 2.15. The molecule has 0 amide bonds. The van der Waals surface area contributed by atoms with Gasteiger partial charge in [-0.25, -0.2) is 0 Å². The first-order chi connectivity index (χ1) is 7.99. The molecule has 1 rings (SSSR count). The van der Waals surface area contributed by atoms with Crippen molar-refractivity contribution in [2.24, 2.45) is 5.73 Å². The van der Waals surface area contributed by atoms with Crippen LogP contribution in [0, 0.1) is 0 Å². The van der Waals surface area contributed by atoms with Crippen LogP contribution < -0.4 is 15.2 Å². The van der Waals surface area contributed by atoms with E-state index in [1.807, 2.05) is 19.9 Å². The minimum absolute atomic E-state index is 0.0631. The van der Waals surface area contributed by atoms with Crippen LogP contribution in [0.3, 0.4) is 0 Å². The number of hydrogen-bond donors (Lipinski definition) is 2. The summed E-state index contributed by atoms with van der Waals surface area (Å²) in [7, 11) is 1.57. The Morgan fingerprint density at radius 1 is 1.35 bits per heavy atom. The Hall–Kier alpha value is -0.780. The maximum Gasteiger partial charge on any atom is 0.162 e. The van der Waals surface area contributed by atoms with Gasteiger partial charge in [0.2, 0.25) is 0 Å². The largest absolute Gasteiger partial charge is 0.493 e. The first kappa shape index (κ1) is 14.3. The lowest BCUT2D eigenvalue weighted by molar-refractivity contribution is 0.229. The SMILES string of the molecule is COc1cc(C(N)CO)c(Br)cc1OC(C)C. The molecule has 17 heavy (non-hydrogen) atoms. The fourth-order valence-corrected chi connectivity index (χ4v) is 2.06. The Labute approximate surface area is 110 Å². The molecule has 0 fully saturated rings. The van der Waals surface area contributed by atoms with Crippen LogP contribution in [-0.4, -0.2) is 24.9 Å². The molecule has 96 valence electrons. The molecule has 0 aromatic heterocycles. The van der Waals surface area contributed by atoms with E-state index in [0.29, 0.717) is 11.5 Å². The molecule has 3 N–H and O–H groups in total. The normalized spacial score (nSPS) is 12.6. The van der Waals surface area contributed by atoms with Crippen molar-refractivity contribution in [2.45, 2.75) is 26.0 Å². The number of halogens is 1. The molecule has 1 unspecified atom stereocenters. The predicted molar refractivity (Wildman–Crippen MR) is 70.5 cm³/mol. The first-order valence-corrected chi connectivity index (χ1v) is 6.19. The van der Waals surface area contributed by atoms with Crippen LogP contribution in [0.25, 0.3) is 0 Å². The van der Waals surface area contributed by atoms with Crippen molar-refractivity contribution in [1.82, 2.24) is 0 Å². The van der Waals surface area contributed by atoms with Gasteiger partial charge >= 0.3 is 0 Å². The molecular weight excluding hydrogens is 286 g/mol. The molecule has 0 saturated heterocycles. The molecular formula is C12H18BrNO3. The van der Waals surface area contributed by atoms with E-state index in [2.05, 4.69) is 15.9 Å². The third-order valence-corrected chi connectivity index (χ3v) is 2.93. The van der Waals surface area contributed by atoms with Gasteiger partial charge in [-0.3, -0.25) is 0 Å². The maximum absolute atomic E-state index is 9.07. The summed E-state index contributed by atoms with van der Waals surface area (Å²) in [5, 5.41) is 9.07. The zero-order valence-corrected chi connectivity index (χ0v) is 11.8. The molecule has 1 atom stereocenters. The zero-order valence-electron chi connectivity index (χ0n) is 10.2. The van der Waals surface area contributed by atoms with Crippen molar-refractivity contribution < 1.29 is 14.6 Å². The Bertz CT molecular complexity index is 382. The van der Waals surface area contributed by atoms with Crippen LogP contribution in [0.2, 0.25) is 0 Å². The summed E-state index contributed by atoms with van der Waals surface area (Å²) < 4.78 is 11.7. The lowest BCUT2D eigenvalue weighted by Gasteiger charge is -2.18. The number of rotatable bonds is 5. The van der Waals surface area contributed by atoms with E-state index >= 15 is 0 Å². The Morgan fingerprint density at radius 3 is 2.47 bits per heavy atom. The second-order valence-electron chi connectivity index (χ2n) is 3.98. The van der Waals surface area contributed by atoms with Crippen LogP contribution in [-0.2, 0) is 0 Å². The summed E-state index contributed by atoms with van der Waals surface area (Å²) in [6.07, 6.45) is 0.0631. The molecule has 0 aliphatic carbocycles. The maximum atomic E-state index is 9.07. The van der Waals surface area contributed by atoms with Crippen molar-refractivity contribution in [3.63, 3.8) is 0 Å². The van der Waals surface area contributed by atoms with Crippen molar-refractivity contribution in [3.8, 4) is 11.5 Å². The molecule has 4 nitrogen and oxygen atoms in total. The van der Waals surface area contributed by atoms with E-state index in [9.17, 15) is 0 Å². The van der Waals surface area contributed by atoms with Gasteiger partial charge in [-0.2, -0.15) is 0 Å². The topological polar surface area (TPSA) is 64.7 Å². The highest BCUT2D eigenvalue weighted by atomic mass is 79.9. The lowest BCUT2D eigenvalue weighted by Crippen LogP contribution is -2.15. The predicted octanol–water partition coefficient (Wildman–Crippen LogP) is 2.24. The van der Waals surface area contributed by atoms with Gasteiger partial charge in [0.15, 0.2) is 11.5 Å². The molecule has 0 radical (unpaired) electrons. The van der Waals surface area contributed by atoms with Crippen molar-refractivity contribution >= 4 is 15.9 Å². The van der Waals surface area contributed by atoms with Crippen LogP contribution in [0.1, 0.15) is 25.5 Å². The minimum Gasteiger partial charge on any atom is -0.493 e. The summed E-state index contributed by atoms with van der Waals surface area (Å²) in [4.78, 5) is 0. The van der Waals surface area contributed by atoms with Gasteiger partial charge in [-0.1, -0.05) is 15.9 Å². The van der Waals surface area contributed by atoms with E-state index in [1.54, 1.807) is 13.2 Å². The number of aliphatic hydroxyl groups excluding tert-OH is 1. The number of hydrogen-bond acceptors (Lipinski definition) is 4. The molecule has 1 aromatic rings. The van der Waals surface area contributed by atoms with Crippen LogP contribution in [0.5, 0.6) is 11.5 Å². The smallest absolute Gasteiger partial charge is 0.162 e. The van der Waals surface area contributed by atoms with Gasteiger partial charge in [-0.05, 0) is 31.5 Å². The highest BCUT2D eigenvalue weighted by Crippen LogP contribution is 2.36. The molecule has 0 heterocycles. The fourth-order valence-electron chi connectivity index (χ4n) is 1.44. The summed E-state index contributed by atoms with van der Waals surface area (Å²) in [5.41, 5.74) is 6.59. The highest BCUT2D eigenvalue weighted by molar-refractivity contribution is 9.10. The van der Waals surface area contributed by atoms with Gasteiger partial charge in [0.05, 0.1) is 25.9 Å². The van der Waals surface area contributed by atoms with Crippen LogP contribution >= 0.6 is 15.9 Å². The quantitative estimate of drug-likeness (QED) is 0.875. The van der Waals surface area contributed by atoms with E-state index in [4.69, 9.17) is 20.3 Å². The van der Waals surface area contributed by atoms with E-state index in [0.717, 1.165) is 10.0 Å². The Kier molecular flexibility index (Phi) is 5.24. The number of aliphatic hydroxyl groups is 1. The van der Waals surface area contributed by atoms with Gasteiger partial charge in [0, 0.05) is 4.47 Å². The zero-order chi connectivity index (χ0) is 13.0. The van der Waals surface area contributed by atoms with E-state index < -0.39 is 6.04 Å². The van der Waals surface area contributed by atoms with E-state index in [1.165, 1.54) is 0 Å². The lowest BCUT2D eigenvalue weighted by atomic mass is 10.1. The monoisotopic (exact) mass is 303 g/mol. The third-order valence-electron chi connectivity index (χ3n) is 2.24. The van der Waals surface area contributed by atoms with Gasteiger partial charge < -0.3 is 20.3 Å². The molecule has 0 aliphatic heterocycles. The molecule has 0 saturated carbocycles. The summed E-state index contributed by atoms with van der Waals surface area (Å²) in [6, 6.07) is 3.15. The number of methoxy groups -OCH3 is 1.